The monoisotopic (exact) mass is 243 g/mol. The van der Waals surface area contributed by atoms with Crippen molar-refractivity contribution in [1.82, 2.24) is 9.97 Å². The molecule has 0 unspecified atom stereocenters. The van der Waals surface area contributed by atoms with Gasteiger partial charge in [0.05, 0.1) is 22.8 Å². The molecule has 1 aromatic heterocycles. The number of hydrogen-bond acceptors (Lipinski definition) is 4. The molecule has 1 heterocycles. The van der Waals surface area contributed by atoms with Gasteiger partial charge in [-0.15, -0.1) is 0 Å². The van der Waals surface area contributed by atoms with Crippen LogP contribution in [-0.2, 0) is 0 Å². The predicted octanol–water partition coefficient (Wildman–Crippen LogP) is 2.35. The molecule has 0 atom stereocenters. The minimum Gasteiger partial charge on any atom is -0.388 e. The van der Waals surface area contributed by atoms with Gasteiger partial charge in [-0.3, -0.25) is 4.98 Å². The highest BCUT2D eigenvalue weighted by molar-refractivity contribution is 5.75. The molecule has 0 aliphatic heterocycles. The van der Waals surface area contributed by atoms with Crippen molar-refractivity contribution in [3.05, 3.63) is 30.5 Å². The first-order valence-corrected chi connectivity index (χ1v) is 6.43. The Labute approximate surface area is 106 Å². The topological polar surface area (TPSA) is 58.0 Å². The quantitative estimate of drug-likeness (QED) is 0.868. The van der Waals surface area contributed by atoms with Crippen molar-refractivity contribution in [1.29, 1.82) is 0 Å². The van der Waals surface area contributed by atoms with E-state index in [9.17, 15) is 5.11 Å². The third-order valence-electron chi connectivity index (χ3n) is 3.58. The molecule has 4 nitrogen and oxygen atoms in total. The Kier molecular flexibility index (Phi) is 2.88. The fraction of sp³-hybridized carbons (Fsp3) is 0.429. The lowest BCUT2D eigenvalue weighted by atomic mass is 10.0. The number of nitrogens with zero attached hydrogens (tertiary/aromatic N) is 2. The molecule has 18 heavy (non-hydrogen) atoms. The van der Waals surface area contributed by atoms with Crippen LogP contribution in [0.1, 0.15) is 25.7 Å². The number of para-hydroxylation sites is 2. The lowest BCUT2D eigenvalue weighted by molar-refractivity contribution is 0.0614. The molecule has 1 aliphatic rings. The zero-order valence-corrected chi connectivity index (χ0v) is 10.3. The van der Waals surface area contributed by atoms with Gasteiger partial charge in [0.15, 0.2) is 0 Å². The van der Waals surface area contributed by atoms with Crippen LogP contribution in [0, 0.1) is 0 Å². The van der Waals surface area contributed by atoms with Gasteiger partial charge >= 0.3 is 0 Å². The fourth-order valence-corrected chi connectivity index (χ4v) is 2.51. The van der Waals surface area contributed by atoms with Gasteiger partial charge in [0, 0.05) is 6.54 Å². The molecule has 1 aliphatic carbocycles. The van der Waals surface area contributed by atoms with Crippen molar-refractivity contribution in [2.45, 2.75) is 31.3 Å². The Morgan fingerprint density at radius 1 is 1.17 bits per heavy atom. The molecule has 3 rings (SSSR count). The molecule has 1 aromatic carbocycles. The Morgan fingerprint density at radius 3 is 2.67 bits per heavy atom. The van der Waals surface area contributed by atoms with Crippen LogP contribution in [-0.4, -0.2) is 27.2 Å². The van der Waals surface area contributed by atoms with Gasteiger partial charge in [0.25, 0.3) is 0 Å². The zero-order chi connectivity index (χ0) is 12.4. The molecule has 0 amide bonds. The normalized spacial score (nSPS) is 18.1. The van der Waals surface area contributed by atoms with Crippen molar-refractivity contribution in [3.8, 4) is 0 Å². The standard InChI is InChI=1S/C14H17N3O/c18-14(7-3-4-8-14)10-16-13-9-15-11-5-1-2-6-12(11)17-13/h1-2,5-6,9,18H,3-4,7-8,10H2,(H,16,17). The molecule has 2 aromatic rings. The van der Waals surface area contributed by atoms with Gasteiger partial charge in [-0.05, 0) is 25.0 Å². The average molecular weight is 243 g/mol. The molecule has 2 N–H and O–H groups in total. The highest BCUT2D eigenvalue weighted by Gasteiger charge is 2.30. The Balaban J connectivity index is 1.74. The van der Waals surface area contributed by atoms with Gasteiger partial charge in [0.1, 0.15) is 5.82 Å². The van der Waals surface area contributed by atoms with Gasteiger partial charge in [-0.2, -0.15) is 0 Å². The molecular weight excluding hydrogens is 226 g/mol. The van der Waals surface area contributed by atoms with Crippen molar-refractivity contribution >= 4 is 16.9 Å². The Hall–Kier alpha value is -1.68. The number of fused-ring (bicyclic) bond motifs is 1. The first-order valence-electron chi connectivity index (χ1n) is 6.43. The molecule has 94 valence electrons. The van der Waals surface area contributed by atoms with Crippen LogP contribution >= 0.6 is 0 Å². The Morgan fingerprint density at radius 2 is 1.89 bits per heavy atom. The van der Waals surface area contributed by atoms with Gasteiger partial charge in [-0.25, -0.2) is 4.98 Å². The summed E-state index contributed by atoms with van der Waals surface area (Å²) in [4.78, 5) is 8.83. The first kappa shape index (κ1) is 11.4. The zero-order valence-electron chi connectivity index (χ0n) is 10.3. The van der Waals surface area contributed by atoms with Crippen LogP contribution in [0.15, 0.2) is 30.5 Å². The highest BCUT2D eigenvalue weighted by Crippen LogP contribution is 2.29. The van der Waals surface area contributed by atoms with Crippen molar-refractivity contribution < 1.29 is 5.11 Å². The van der Waals surface area contributed by atoms with Crippen LogP contribution in [0.3, 0.4) is 0 Å². The number of nitrogens with one attached hydrogen (secondary N) is 1. The summed E-state index contributed by atoms with van der Waals surface area (Å²) in [6, 6.07) is 7.78. The van der Waals surface area contributed by atoms with E-state index in [2.05, 4.69) is 15.3 Å². The summed E-state index contributed by atoms with van der Waals surface area (Å²) < 4.78 is 0. The summed E-state index contributed by atoms with van der Waals surface area (Å²) in [7, 11) is 0. The molecule has 0 spiro atoms. The average Bonchev–Trinajstić information content (AvgIpc) is 2.84. The van der Waals surface area contributed by atoms with Crippen LogP contribution in [0.5, 0.6) is 0 Å². The molecule has 1 saturated carbocycles. The predicted molar refractivity (Wildman–Crippen MR) is 71.4 cm³/mol. The van der Waals surface area contributed by atoms with Crippen molar-refractivity contribution in [2.24, 2.45) is 0 Å². The summed E-state index contributed by atoms with van der Waals surface area (Å²) in [6.45, 7) is 0.556. The molecule has 4 heteroatoms. The maximum atomic E-state index is 10.3. The fourth-order valence-electron chi connectivity index (χ4n) is 2.51. The number of hydrogen-bond donors (Lipinski definition) is 2. The molecule has 0 bridgehead atoms. The van der Waals surface area contributed by atoms with E-state index in [1.165, 1.54) is 0 Å². The van der Waals surface area contributed by atoms with Crippen LogP contribution in [0.4, 0.5) is 5.82 Å². The second kappa shape index (κ2) is 4.53. The lowest BCUT2D eigenvalue weighted by Gasteiger charge is -2.22. The maximum absolute atomic E-state index is 10.3. The smallest absolute Gasteiger partial charge is 0.145 e. The van der Waals surface area contributed by atoms with Crippen LogP contribution < -0.4 is 5.32 Å². The van der Waals surface area contributed by atoms with Crippen molar-refractivity contribution in [2.75, 3.05) is 11.9 Å². The second-order valence-electron chi connectivity index (χ2n) is 5.03. The third kappa shape index (κ3) is 2.29. The van der Waals surface area contributed by atoms with E-state index >= 15 is 0 Å². The van der Waals surface area contributed by atoms with Crippen molar-refractivity contribution in [3.63, 3.8) is 0 Å². The minimum absolute atomic E-state index is 0.556. The van der Waals surface area contributed by atoms with E-state index in [-0.39, 0.29) is 0 Å². The SMILES string of the molecule is OC1(CNc2cnc3ccccc3n2)CCCC1. The summed E-state index contributed by atoms with van der Waals surface area (Å²) in [6.07, 6.45) is 5.70. The summed E-state index contributed by atoms with van der Waals surface area (Å²) in [5.41, 5.74) is 1.20. The number of aliphatic hydroxyl groups is 1. The van der Waals surface area contributed by atoms with E-state index in [1.54, 1.807) is 6.20 Å². The van der Waals surface area contributed by atoms with E-state index < -0.39 is 5.60 Å². The van der Waals surface area contributed by atoms with Gasteiger partial charge in [-0.1, -0.05) is 25.0 Å². The third-order valence-corrected chi connectivity index (χ3v) is 3.58. The second-order valence-corrected chi connectivity index (χ2v) is 5.03. The summed E-state index contributed by atoms with van der Waals surface area (Å²) >= 11 is 0. The minimum atomic E-state index is -0.562. The maximum Gasteiger partial charge on any atom is 0.145 e. The molecule has 0 saturated heterocycles. The number of anilines is 1. The largest absolute Gasteiger partial charge is 0.388 e. The first-order chi connectivity index (χ1) is 8.75. The number of rotatable bonds is 3. The van der Waals surface area contributed by atoms with Gasteiger partial charge in [0.2, 0.25) is 0 Å². The highest BCUT2D eigenvalue weighted by atomic mass is 16.3. The molecular formula is C14H17N3O. The Bertz CT molecular complexity index is 549. The van der Waals surface area contributed by atoms with Crippen LogP contribution in [0.2, 0.25) is 0 Å². The molecule has 1 fully saturated rings. The molecule has 0 radical (unpaired) electrons. The number of benzene rings is 1. The van der Waals surface area contributed by atoms with E-state index in [1.807, 2.05) is 24.3 Å². The number of aromatic nitrogens is 2. The van der Waals surface area contributed by atoms with Gasteiger partial charge < -0.3 is 10.4 Å². The summed E-state index contributed by atoms with van der Waals surface area (Å²) in [5, 5.41) is 13.5. The lowest BCUT2D eigenvalue weighted by Crippen LogP contribution is -2.33. The van der Waals surface area contributed by atoms with E-state index in [0.717, 1.165) is 42.5 Å². The van der Waals surface area contributed by atoms with E-state index in [0.29, 0.717) is 6.54 Å². The van der Waals surface area contributed by atoms with E-state index in [4.69, 9.17) is 0 Å². The van der Waals surface area contributed by atoms with Crippen LogP contribution in [0.25, 0.3) is 11.0 Å². The summed E-state index contributed by atoms with van der Waals surface area (Å²) in [5.74, 6) is 0.731.